The molecule has 0 radical (unpaired) electrons. The standard InChI is InChI=1S/C19H23FO4S/c1-3-14-11-25(22,23)18-10-24-17(19(14)18)7-4-12(2)8-13-5-6-16(21)15(20)9-13/h5-6,8-9,17-18,21H,3-4,7,10-11H2,1-2H3/b12-8+/t17-,18+/m1/s1. The van der Waals surface area contributed by atoms with Crippen molar-refractivity contribution >= 4 is 15.9 Å². The predicted molar refractivity (Wildman–Crippen MR) is 95.6 cm³/mol. The topological polar surface area (TPSA) is 63.6 Å². The van der Waals surface area contributed by atoms with Crippen LogP contribution < -0.4 is 0 Å². The number of sulfone groups is 1. The second kappa shape index (κ2) is 6.92. The summed E-state index contributed by atoms with van der Waals surface area (Å²) in [6.07, 6.45) is 3.92. The first-order chi connectivity index (χ1) is 11.8. The van der Waals surface area contributed by atoms with Crippen LogP contribution in [0.5, 0.6) is 5.75 Å². The molecule has 1 aromatic rings. The van der Waals surface area contributed by atoms with Gasteiger partial charge in [-0.05, 0) is 49.5 Å². The van der Waals surface area contributed by atoms with E-state index in [1.165, 1.54) is 12.1 Å². The van der Waals surface area contributed by atoms with E-state index in [0.717, 1.165) is 29.6 Å². The number of phenols is 1. The second-order valence-electron chi connectivity index (χ2n) is 6.77. The molecule has 3 rings (SSSR count). The SMILES string of the molecule is CCC1=C2[C@@H](CC/C(C)=C/c3ccc(O)c(F)c3)OC[C@@H]2S(=O)(=O)C1. The summed E-state index contributed by atoms with van der Waals surface area (Å²) in [4.78, 5) is 0. The molecule has 136 valence electrons. The molecule has 1 fully saturated rings. The van der Waals surface area contributed by atoms with E-state index < -0.39 is 20.9 Å². The fraction of sp³-hybridized carbons (Fsp3) is 0.474. The Hall–Kier alpha value is -1.66. The van der Waals surface area contributed by atoms with Gasteiger partial charge in [0.25, 0.3) is 0 Å². The summed E-state index contributed by atoms with van der Waals surface area (Å²) in [6, 6.07) is 4.29. The average molecular weight is 366 g/mol. The largest absolute Gasteiger partial charge is 0.505 e. The molecule has 2 heterocycles. The Balaban J connectivity index is 1.69. The molecule has 4 nitrogen and oxygen atoms in total. The van der Waals surface area contributed by atoms with E-state index in [1.807, 2.05) is 19.9 Å². The van der Waals surface area contributed by atoms with Gasteiger partial charge in [-0.15, -0.1) is 0 Å². The highest BCUT2D eigenvalue weighted by Crippen LogP contribution is 2.39. The van der Waals surface area contributed by atoms with Gasteiger partial charge in [0.2, 0.25) is 0 Å². The Morgan fingerprint density at radius 2 is 2.20 bits per heavy atom. The molecule has 6 heteroatoms. The summed E-state index contributed by atoms with van der Waals surface area (Å²) < 4.78 is 43.6. The number of fused-ring (bicyclic) bond motifs is 1. The molecule has 0 aromatic heterocycles. The lowest BCUT2D eigenvalue weighted by atomic mass is 9.96. The van der Waals surface area contributed by atoms with E-state index in [-0.39, 0.29) is 24.2 Å². The van der Waals surface area contributed by atoms with Crippen LogP contribution in [-0.4, -0.2) is 37.2 Å². The third-order valence-electron chi connectivity index (χ3n) is 4.97. The lowest BCUT2D eigenvalue weighted by molar-refractivity contribution is 0.117. The van der Waals surface area contributed by atoms with E-state index in [9.17, 15) is 17.9 Å². The van der Waals surface area contributed by atoms with Crippen LogP contribution in [0.3, 0.4) is 0 Å². The maximum Gasteiger partial charge on any atom is 0.165 e. The van der Waals surface area contributed by atoms with Crippen molar-refractivity contribution < 1.29 is 22.7 Å². The Kier molecular flexibility index (Phi) is 5.02. The highest BCUT2D eigenvalue weighted by atomic mass is 32.2. The van der Waals surface area contributed by atoms with Gasteiger partial charge in [0, 0.05) is 0 Å². The summed E-state index contributed by atoms with van der Waals surface area (Å²) in [5.41, 5.74) is 3.73. The molecule has 2 atom stereocenters. The van der Waals surface area contributed by atoms with Crippen LogP contribution in [0.15, 0.2) is 34.9 Å². The third-order valence-corrected chi connectivity index (χ3v) is 6.98. The van der Waals surface area contributed by atoms with Gasteiger partial charge in [0.05, 0.1) is 18.5 Å². The number of hydrogen-bond donors (Lipinski definition) is 1. The summed E-state index contributed by atoms with van der Waals surface area (Å²) in [6.45, 7) is 4.20. The van der Waals surface area contributed by atoms with E-state index in [1.54, 1.807) is 6.07 Å². The molecule has 0 bridgehead atoms. The van der Waals surface area contributed by atoms with Crippen molar-refractivity contribution in [1.82, 2.24) is 0 Å². The monoisotopic (exact) mass is 366 g/mol. The molecule has 25 heavy (non-hydrogen) atoms. The fourth-order valence-electron chi connectivity index (χ4n) is 3.64. The number of benzene rings is 1. The van der Waals surface area contributed by atoms with E-state index in [2.05, 4.69) is 0 Å². The normalized spacial score (nSPS) is 25.5. The van der Waals surface area contributed by atoms with Crippen LogP contribution in [0.2, 0.25) is 0 Å². The van der Waals surface area contributed by atoms with Crippen LogP contribution in [0.4, 0.5) is 4.39 Å². The summed E-state index contributed by atoms with van der Waals surface area (Å²) in [5.74, 6) is -0.829. The van der Waals surface area contributed by atoms with E-state index >= 15 is 0 Å². The van der Waals surface area contributed by atoms with E-state index in [0.29, 0.717) is 12.0 Å². The molecule has 0 spiro atoms. The Labute approximate surface area is 147 Å². The van der Waals surface area contributed by atoms with Gasteiger partial charge < -0.3 is 9.84 Å². The van der Waals surface area contributed by atoms with E-state index in [4.69, 9.17) is 4.74 Å². The van der Waals surface area contributed by atoms with Crippen molar-refractivity contribution in [2.75, 3.05) is 12.4 Å². The Morgan fingerprint density at radius 3 is 2.88 bits per heavy atom. The highest BCUT2D eigenvalue weighted by molar-refractivity contribution is 7.92. The number of ether oxygens (including phenoxy) is 1. The maximum absolute atomic E-state index is 13.4. The van der Waals surface area contributed by atoms with Gasteiger partial charge in [-0.2, -0.15) is 0 Å². The number of phenolic OH excluding ortho intramolecular Hbond substituents is 1. The lowest BCUT2D eigenvalue weighted by Gasteiger charge is -2.13. The number of halogens is 1. The van der Waals surface area contributed by atoms with Crippen LogP contribution in [0.25, 0.3) is 6.08 Å². The van der Waals surface area contributed by atoms with Crippen molar-refractivity contribution in [2.24, 2.45) is 0 Å². The predicted octanol–water partition coefficient (Wildman–Crippen LogP) is 3.62. The molecule has 2 aliphatic heterocycles. The second-order valence-corrected chi connectivity index (χ2v) is 8.95. The van der Waals surface area contributed by atoms with Crippen molar-refractivity contribution in [2.45, 2.75) is 44.5 Å². The lowest BCUT2D eigenvalue weighted by Crippen LogP contribution is -2.19. The quantitative estimate of drug-likeness (QED) is 0.809. The van der Waals surface area contributed by atoms with Crippen molar-refractivity contribution in [3.8, 4) is 5.75 Å². The summed E-state index contributed by atoms with van der Waals surface area (Å²) in [7, 11) is -3.09. The molecule has 1 N–H and O–H groups in total. The van der Waals surface area contributed by atoms with Gasteiger partial charge >= 0.3 is 0 Å². The molecule has 1 aromatic carbocycles. The van der Waals surface area contributed by atoms with Gasteiger partial charge in [-0.25, -0.2) is 12.8 Å². The summed E-state index contributed by atoms with van der Waals surface area (Å²) in [5, 5.41) is 8.78. The zero-order chi connectivity index (χ0) is 18.2. The zero-order valence-electron chi connectivity index (χ0n) is 14.5. The maximum atomic E-state index is 13.4. The summed E-state index contributed by atoms with van der Waals surface area (Å²) >= 11 is 0. The van der Waals surface area contributed by atoms with Crippen molar-refractivity contribution in [1.29, 1.82) is 0 Å². The van der Waals surface area contributed by atoms with Gasteiger partial charge in [-0.1, -0.05) is 30.2 Å². The molecule has 2 aliphatic rings. The molecular formula is C19H23FO4S. The van der Waals surface area contributed by atoms with Crippen molar-refractivity contribution in [3.63, 3.8) is 0 Å². The van der Waals surface area contributed by atoms with Gasteiger partial charge in [0.1, 0.15) is 5.25 Å². The first-order valence-electron chi connectivity index (χ1n) is 8.52. The molecule has 0 unspecified atom stereocenters. The fourth-order valence-corrected chi connectivity index (χ4v) is 5.69. The number of aromatic hydroxyl groups is 1. The van der Waals surface area contributed by atoms with Gasteiger partial charge in [-0.3, -0.25) is 0 Å². The number of allylic oxidation sites excluding steroid dienone is 1. The van der Waals surface area contributed by atoms with Crippen LogP contribution in [-0.2, 0) is 14.6 Å². The van der Waals surface area contributed by atoms with Crippen LogP contribution in [0.1, 0.15) is 38.7 Å². The van der Waals surface area contributed by atoms with Crippen LogP contribution >= 0.6 is 0 Å². The smallest absolute Gasteiger partial charge is 0.165 e. The first-order valence-corrected chi connectivity index (χ1v) is 10.2. The molecule has 0 saturated carbocycles. The van der Waals surface area contributed by atoms with Gasteiger partial charge in [0.15, 0.2) is 21.4 Å². The number of hydrogen-bond acceptors (Lipinski definition) is 4. The molecular weight excluding hydrogens is 343 g/mol. The minimum Gasteiger partial charge on any atom is -0.505 e. The third kappa shape index (κ3) is 3.65. The average Bonchev–Trinajstić information content (AvgIpc) is 3.09. The molecule has 0 aliphatic carbocycles. The highest BCUT2D eigenvalue weighted by Gasteiger charge is 2.46. The molecule has 0 amide bonds. The minimum atomic E-state index is -3.09. The Morgan fingerprint density at radius 1 is 1.44 bits per heavy atom. The van der Waals surface area contributed by atoms with Crippen LogP contribution in [0, 0.1) is 5.82 Å². The molecule has 1 saturated heterocycles. The minimum absolute atomic E-state index is 0.142. The number of rotatable bonds is 5. The zero-order valence-corrected chi connectivity index (χ0v) is 15.3. The first kappa shape index (κ1) is 18.1. The van der Waals surface area contributed by atoms with Crippen molar-refractivity contribution in [3.05, 3.63) is 46.3 Å². The Bertz CT molecular complexity index is 839.